The minimum Gasteiger partial charge on any atom is -0.359 e. The van der Waals surface area contributed by atoms with E-state index < -0.39 is 0 Å². The quantitative estimate of drug-likeness (QED) is 0.479. The Morgan fingerprint density at radius 1 is 0.727 bits per heavy atom. The highest BCUT2D eigenvalue weighted by Crippen LogP contribution is 1.72. The zero-order valence-electron chi connectivity index (χ0n) is 4.64. The molecular formula is C8H26O3. The van der Waals surface area contributed by atoms with Crippen molar-refractivity contribution in [1.29, 1.82) is 0 Å². The van der Waals surface area contributed by atoms with Gasteiger partial charge in [-0.05, 0) is 0 Å². The van der Waals surface area contributed by atoms with E-state index in [2.05, 4.69) is 14.2 Å². The van der Waals surface area contributed by atoms with Gasteiger partial charge >= 0.3 is 0 Å². The van der Waals surface area contributed by atoms with Gasteiger partial charge in [-0.25, -0.2) is 0 Å². The smallest absolute Gasteiger partial charge is 0.149 e. The summed E-state index contributed by atoms with van der Waals surface area (Å²) in [5, 5.41) is 0. The molecule has 0 N–H and O–H groups in total. The van der Waals surface area contributed by atoms with Crippen molar-refractivity contribution in [2.24, 2.45) is 0 Å². The second-order valence-corrected chi connectivity index (χ2v) is 1.02. The summed E-state index contributed by atoms with van der Waals surface area (Å²) in [4.78, 5) is 0. The minimum absolute atomic E-state index is 0. The van der Waals surface area contributed by atoms with Crippen LogP contribution in [-0.4, -0.2) is 27.8 Å². The first-order chi connectivity index (χ1) is 3.41. The van der Waals surface area contributed by atoms with Crippen molar-refractivity contribution in [3.63, 3.8) is 0 Å². The van der Waals surface area contributed by atoms with Crippen molar-refractivity contribution < 1.29 is 14.2 Å². The van der Waals surface area contributed by atoms with Gasteiger partial charge in [0.25, 0.3) is 0 Å². The van der Waals surface area contributed by atoms with Crippen LogP contribution < -0.4 is 0 Å². The van der Waals surface area contributed by atoms with Crippen LogP contribution in [0, 0.1) is 0 Å². The Balaban J connectivity index is -0.0000000300. The van der Waals surface area contributed by atoms with Crippen LogP contribution >= 0.6 is 0 Å². The first-order valence-electron chi connectivity index (χ1n) is 1.97. The molecule has 0 aromatic heterocycles. The number of hydrogen-bond donors (Lipinski definition) is 0. The molecule has 0 unspecified atom stereocenters. The van der Waals surface area contributed by atoms with Gasteiger partial charge in [-0.1, -0.05) is 29.7 Å². The Morgan fingerprint density at radius 3 is 1.18 bits per heavy atom. The molecule has 11 heavy (non-hydrogen) atoms. The van der Waals surface area contributed by atoms with Gasteiger partial charge in [0, 0.05) is 14.2 Å². The van der Waals surface area contributed by atoms with E-state index in [0.717, 1.165) is 0 Å². The van der Waals surface area contributed by atoms with Crippen LogP contribution in [0.5, 0.6) is 0 Å². The van der Waals surface area contributed by atoms with Crippen molar-refractivity contribution >= 4 is 0 Å². The van der Waals surface area contributed by atoms with Crippen molar-refractivity contribution in [2.45, 2.75) is 29.7 Å². The summed E-state index contributed by atoms with van der Waals surface area (Å²) in [7, 11) is 3.13. The van der Waals surface area contributed by atoms with E-state index in [4.69, 9.17) is 0 Å². The molecule has 0 fully saturated rings. The Kier molecular flexibility index (Phi) is 91.4. The molecule has 0 saturated heterocycles. The van der Waals surface area contributed by atoms with Gasteiger partial charge in [0.15, 0.2) is 0 Å². The van der Waals surface area contributed by atoms with Gasteiger partial charge in [-0.3, -0.25) is 0 Å². The molecule has 3 nitrogen and oxygen atoms in total. The van der Waals surface area contributed by atoms with E-state index in [0.29, 0.717) is 13.6 Å². The Hall–Kier alpha value is -0.120. The zero-order chi connectivity index (χ0) is 5.54. The molecule has 0 aromatic carbocycles. The summed E-state index contributed by atoms with van der Waals surface area (Å²) in [5.74, 6) is 0. The van der Waals surface area contributed by atoms with Crippen molar-refractivity contribution in [3.8, 4) is 0 Å². The molecule has 0 aromatic rings. The van der Waals surface area contributed by atoms with E-state index in [9.17, 15) is 0 Å². The maximum absolute atomic E-state index is 4.69. The minimum atomic E-state index is 0. The van der Waals surface area contributed by atoms with E-state index in [1.54, 1.807) is 14.2 Å². The summed E-state index contributed by atoms with van der Waals surface area (Å²) in [5.41, 5.74) is 0. The van der Waals surface area contributed by atoms with Crippen molar-refractivity contribution in [3.05, 3.63) is 0 Å². The van der Waals surface area contributed by atoms with Gasteiger partial charge in [-0.2, -0.15) is 0 Å². The van der Waals surface area contributed by atoms with Crippen molar-refractivity contribution in [2.75, 3.05) is 27.8 Å². The van der Waals surface area contributed by atoms with E-state index in [1.807, 2.05) is 0 Å². The van der Waals surface area contributed by atoms with Gasteiger partial charge in [0.05, 0.1) is 0 Å². The van der Waals surface area contributed by atoms with Crippen LogP contribution in [0.25, 0.3) is 0 Å². The second kappa shape index (κ2) is 32.7. The molecule has 0 atom stereocenters. The maximum Gasteiger partial charge on any atom is 0.149 e. The fourth-order valence-corrected chi connectivity index (χ4v) is 0.201. The largest absolute Gasteiger partial charge is 0.359 e. The molecule has 0 saturated carbocycles. The SMILES string of the molecule is C.C.C.C.COCOCOC. The van der Waals surface area contributed by atoms with Gasteiger partial charge < -0.3 is 14.2 Å². The molecule has 0 aliphatic carbocycles. The fraction of sp³-hybridized carbons (Fsp3) is 1.00. The highest BCUT2D eigenvalue weighted by molar-refractivity contribution is 3.95. The topological polar surface area (TPSA) is 27.7 Å². The van der Waals surface area contributed by atoms with Crippen LogP contribution in [0.2, 0.25) is 0 Å². The van der Waals surface area contributed by atoms with Crippen LogP contribution in [-0.2, 0) is 14.2 Å². The number of methoxy groups -OCH3 is 2. The van der Waals surface area contributed by atoms with Crippen LogP contribution in [0.1, 0.15) is 29.7 Å². The first kappa shape index (κ1) is 30.7. The zero-order valence-corrected chi connectivity index (χ0v) is 4.64. The van der Waals surface area contributed by atoms with E-state index in [1.165, 1.54) is 0 Å². The van der Waals surface area contributed by atoms with Crippen molar-refractivity contribution in [1.82, 2.24) is 0 Å². The Labute approximate surface area is 72.7 Å². The lowest BCUT2D eigenvalue weighted by Crippen LogP contribution is -1.98. The summed E-state index contributed by atoms with van der Waals surface area (Å²) in [6, 6.07) is 0. The highest BCUT2D eigenvalue weighted by Gasteiger charge is 1.76. The normalized spacial score (nSPS) is 6.00. The van der Waals surface area contributed by atoms with E-state index in [-0.39, 0.29) is 29.7 Å². The highest BCUT2D eigenvalue weighted by atomic mass is 16.7. The third kappa shape index (κ3) is 40.8. The summed E-state index contributed by atoms with van der Waals surface area (Å²) in [6.07, 6.45) is 0. The summed E-state index contributed by atoms with van der Waals surface area (Å²) < 4.78 is 13.8. The standard InChI is InChI=1S/C4H10O3.4CH4/c1-5-3-7-4-6-2;;;;/h3-4H2,1-2H3;4*1H4. The average molecular weight is 170 g/mol. The average Bonchev–Trinajstić information content (AvgIpc) is 1.69. The molecule has 0 rings (SSSR count). The molecule has 0 amide bonds. The molecular weight excluding hydrogens is 144 g/mol. The fourth-order valence-electron chi connectivity index (χ4n) is 0.201. The van der Waals surface area contributed by atoms with Gasteiger partial charge in [0.2, 0.25) is 0 Å². The van der Waals surface area contributed by atoms with Gasteiger partial charge in [-0.15, -0.1) is 0 Å². The third-order valence-corrected chi connectivity index (χ3v) is 0.402. The summed E-state index contributed by atoms with van der Waals surface area (Å²) >= 11 is 0. The van der Waals surface area contributed by atoms with E-state index >= 15 is 0 Å². The molecule has 0 heterocycles. The summed E-state index contributed by atoms with van der Waals surface area (Å²) in [6.45, 7) is 0.599. The molecule has 3 heteroatoms. The Morgan fingerprint density at radius 2 is 1.00 bits per heavy atom. The first-order valence-corrected chi connectivity index (χ1v) is 1.97. The molecule has 0 aliphatic heterocycles. The molecule has 0 aliphatic rings. The maximum atomic E-state index is 4.69. The van der Waals surface area contributed by atoms with Crippen LogP contribution in [0.4, 0.5) is 0 Å². The lowest BCUT2D eigenvalue weighted by Gasteiger charge is -1.97. The number of ether oxygens (including phenoxy) is 3. The lowest BCUT2D eigenvalue weighted by molar-refractivity contribution is -0.107. The lowest BCUT2D eigenvalue weighted by atomic mass is 11.3. The monoisotopic (exact) mass is 170 g/mol. The second-order valence-electron chi connectivity index (χ2n) is 1.02. The molecule has 0 bridgehead atoms. The van der Waals surface area contributed by atoms with Crippen LogP contribution in [0.3, 0.4) is 0 Å². The third-order valence-electron chi connectivity index (χ3n) is 0.402. The number of hydrogen-bond acceptors (Lipinski definition) is 3. The van der Waals surface area contributed by atoms with Crippen LogP contribution in [0.15, 0.2) is 0 Å². The predicted molar refractivity (Wildman–Crippen MR) is 51.8 cm³/mol. The van der Waals surface area contributed by atoms with Gasteiger partial charge in [0.1, 0.15) is 13.6 Å². The molecule has 0 radical (unpaired) electrons. The number of rotatable bonds is 4. The predicted octanol–water partition coefficient (Wildman–Crippen LogP) is 2.76. The molecule has 76 valence electrons. The Bertz CT molecular complexity index is 28.5. The molecule has 0 spiro atoms.